The molecule has 2 aliphatic rings. The number of likely N-dealkylation sites (tertiary alicyclic amines) is 1. The second-order valence-corrected chi connectivity index (χ2v) is 8.11. The standard InChI is InChI=1S/C23H29N5O3/c1-2-24-21(29)19-11-6-7-13-27(19)22(30)18-15-20-23(31)26(12-8-14-28(20)25-18)16-17-9-4-3-5-10-17/h3-5,9-10,15,19H,2,6-8,11-14,16H2,1H3,(H,24,29)/t19-/m1/s1. The van der Waals surface area contributed by atoms with Crippen LogP contribution in [0, 0.1) is 0 Å². The molecule has 2 aromatic rings. The van der Waals surface area contributed by atoms with Crippen molar-refractivity contribution in [3.05, 3.63) is 53.3 Å². The zero-order valence-corrected chi connectivity index (χ0v) is 17.9. The smallest absolute Gasteiger partial charge is 0.275 e. The van der Waals surface area contributed by atoms with Crippen LogP contribution in [0.3, 0.4) is 0 Å². The molecule has 0 radical (unpaired) electrons. The Balaban J connectivity index is 1.55. The maximum Gasteiger partial charge on any atom is 0.275 e. The van der Waals surface area contributed by atoms with Gasteiger partial charge < -0.3 is 15.1 Å². The Bertz CT molecular complexity index is 955. The van der Waals surface area contributed by atoms with E-state index in [1.807, 2.05) is 42.2 Å². The minimum atomic E-state index is -0.479. The quantitative estimate of drug-likeness (QED) is 0.798. The third-order valence-corrected chi connectivity index (χ3v) is 5.94. The lowest BCUT2D eigenvalue weighted by molar-refractivity contribution is -0.126. The van der Waals surface area contributed by atoms with Crippen molar-refractivity contribution in [3.8, 4) is 0 Å². The van der Waals surface area contributed by atoms with Crippen molar-refractivity contribution in [1.82, 2.24) is 24.9 Å². The molecule has 1 aromatic heterocycles. The van der Waals surface area contributed by atoms with Gasteiger partial charge in [-0.2, -0.15) is 5.10 Å². The average molecular weight is 424 g/mol. The first-order valence-corrected chi connectivity index (χ1v) is 11.1. The molecule has 164 valence electrons. The van der Waals surface area contributed by atoms with E-state index in [1.54, 1.807) is 15.6 Å². The number of nitrogens with one attached hydrogen (secondary N) is 1. The van der Waals surface area contributed by atoms with Gasteiger partial charge in [0.05, 0.1) is 0 Å². The summed E-state index contributed by atoms with van der Waals surface area (Å²) in [6.07, 6.45) is 3.19. The van der Waals surface area contributed by atoms with Gasteiger partial charge in [0.1, 0.15) is 11.7 Å². The highest BCUT2D eigenvalue weighted by atomic mass is 16.2. The number of piperidine rings is 1. The van der Waals surface area contributed by atoms with Crippen molar-refractivity contribution in [2.75, 3.05) is 19.6 Å². The van der Waals surface area contributed by atoms with Crippen LogP contribution in [0.2, 0.25) is 0 Å². The average Bonchev–Trinajstić information content (AvgIpc) is 3.16. The number of benzene rings is 1. The lowest BCUT2D eigenvalue weighted by Crippen LogP contribution is -2.52. The van der Waals surface area contributed by atoms with Gasteiger partial charge in [-0.3, -0.25) is 19.1 Å². The number of hydrogen-bond acceptors (Lipinski definition) is 4. The van der Waals surface area contributed by atoms with E-state index in [1.165, 1.54) is 0 Å². The van der Waals surface area contributed by atoms with Crippen LogP contribution in [-0.4, -0.2) is 63.0 Å². The maximum absolute atomic E-state index is 13.2. The van der Waals surface area contributed by atoms with Crippen LogP contribution < -0.4 is 5.32 Å². The van der Waals surface area contributed by atoms with E-state index < -0.39 is 6.04 Å². The molecule has 31 heavy (non-hydrogen) atoms. The van der Waals surface area contributed by atoms with Crippen LogP contribution in [0.4, 0.5) is 0 Å². The first-order chi connectivity index (χ1) is 15.1. The molecular weight excluding hydrogens is 394 g/mol. The second kappa shape index (κ2) is 9.32. The van der Waals surface area contributed by atoms with Gasteiger partial charge in [0.2, 0.25) is 5.91 Å². The molecule has 1 saturated heterocycles. The van der Waals surface area contributed by atoms with E-state index in [4.69, 9.17) is 0 Å². The van der Waals surface area contributed by atoms with E-state index in [0.29, 0.717) is 44.8 Å². The first-order valence-electron chi connectivity index (χ1n) is 11.1. The van der Waals surface area contributed by atoms with Gasteiger partial charge in [-0.15, -0.1) is 0 Å². The van der Waals surface area contributed by atoms with Crippen molar-refractivity contribution in [3.63, 3.8) is 0 Å². The summed E-state index contributed by atoms with van der Waals surface area (Å²) in [5.41, 5.74) is 1.74. The molecule has 4 rings (SSSR count). The van der Waals surface area contributed by atoms with Gasteiger partial charge in [-0.05, 0) is 38.2 Å². The minimum Gasteiger partial charge on any atom is -0.355 e. The molecule has 8 heteroatoms. The Labute approximate surface area is 182 Å². The lowest BCUT2D eigenvalue weighted by Gasteiger charge is -2.34. The van der Waals surface area contributed by atoms with E-state index in [9.17, 15) is 14.4 Å². The molecule has 3 heterocycles. The zero-order valence-electron chi connectivity index (χ0n) is 17.9. The number of aromatic nitrogens is 2. The monoisotopic (exact) mass is 423 g/mol. The highest BCUT2D eigenvalue weighted by Gasteiger charge is 2.35. The van der Waals surface area contributed by atoms with Crippen molar-refractivity contribution in [1.29, 1.82) is 0 Å². The van der Waals surface area contributed by atoms with Gasteiger partial charge in [-0.1, -0.05) is 30.3 Å². The molecule has 0 spiro atoms. The second-order valence-electron chi connectivity index (χ2n) is 8.11. The molecule has 0 unspecified atom stereocenters. The Morgan fingerprint density at radius 2 is 1.90 bits per heavy atom. The van der Waals surface area contributed by atoms with E-state index in [0.717, 1.165) is 24.8 Å². The van der Waals surface area contributed by atoms with Gasteiger partial charge in [-0.25, -0.2) is 0 Å². The Morgan fingerprint density at radius 3 is 2.68 bits per heavy atom. The zero-order chi connectivity index (χ0) is 21.8. The highest BCUT2D eigenvalue weighted by molar-refractivity contribution is 5.99. The van der Waals surface area contributed by atoms with Crippen molar-refractivity contribution in [2.45, 2.75) is 51.7 Å². The fourth-order valence-corrected chi connectivity index (χ4v) is 4.38. The fraction of sp³-hybridized carbons (Fsp3) is 0.478. The molecule has 1 fully saturated rings. The topological polar surface area (TPSA) is 87.5 Å². The Hall–Kier alpha value is -3.16. The van der Waals surface area contributed by atoms with Crippen LogP contribution in [0.1, 0.15) is 59.1 Å². The van der Waals surface area contributed by atoms with Crippen molar-refractivity contribution >= 4 is 17.7 Å². The number of fused-ring (bicyclic) bond motifs is 1. The summed E-state index contributed by atoms with van der Waals surface area (Å²) in [6.45, 7) is 4.68. The number of likely N-dealkylation sites (N-methyl/N-ethyl adjacent to an activating group) is 1. The third-order valence-electron chi connectivity index (χ3n) is 5.94. The number of nitrogens with zero attached hydrogens (tertiary/aromatic N) is 4. The van der Waals surface area contributed by atoms with Gasteiger partial charge in [0.25, 0.3) is 11.8 Å². The summed E-state index contributed by atoms with van der Waals surface area (Å²) >= 11 is 0. The lowest BCUT2D eigenvalue weighted by atomic mass is 10.0. The predicted octanol–water partition coefficient (Wildman–Crippen LogP) is 2.06. The van der Waals surface area contributed by atoms with Crippen LogP contribution >= 0.6 is 0 Å². The summed E-state index contributed by atoms with van der Waals surface area (Å²) in [5.74, 6) is -0.521. The van der Waals surface area contributed by atoms with E-state index in [-0.39, 0.29) is 23.4 Å². The number of amides is 3. The first kappa shape index (κ1) is 21.1. The van der Waals surface area contributed by atoms with Gasteiger partial charge >= 0.3 is 0 Å². The van der Waals surface area contributed by atoms with E-state index in [2.05, 4.69) is 10.4 Å². The normalized spacial score (nSPS) is 19.0. The molecule has 1 atom stereocenters. The SMILES string of the molecule is CCNC(=O)[C@H]1CCCCN1C(=O)c1cc2n(n1)CCCN(Cc1ccccc1)C2=O. The molecule has 0 bridgehead atoms. The highest BCUT2D eigenvalue weighted by Crippen LogP contribution is 2.22. The fourth-order valence-electron chi connectivity index (χ4n) is 4.38. The number of aryl methyl sites for hydroxylation is 1. The molecule has 2 aliphatic heterocycles. The Morgan fingerprint density at radius 1 is 1.10 bits per heavy atom. The van der Waals surface area contributed by atoms with Crippen molar-refractivity contribution in [2.24, 2.45) is 0 Å². The number of carbonyl (C=O) groups excluding carboxylic acids is 3. The van der Waals surface area contributed by atoms with Crippen LogP contribution in [-0.2, 0) is 17.9 Å². The Kier molecular flexibility index (Phi) is 6.34. The van der Waals surface area contributed by atoms with Gasteiger partial charge in [0, 0.05) is 38.8 Å². The van der Waals surface area contributed by atoms with Crippen molar-refractivity contribution < 1.29 is 14.4 Å². The summed E-state index contributed by atoms with van der Waals surface area (Å²) in [5, 5.41) is 7.29. The molecule has 1 aromatic carbocycles. The predicted molar refractivity (Wildman–Crippen MR) is 115 cm³/mol. The summed E-state index contributed by atoms with van der Waals surface area (Å²) in [7, 11) is 0. The summed E-state index contributed by atoms with van der Waals surface area (Å²) in [6, 6.07) is 11.0. The number of rotatable bonds is 5. The van der Waals surface area contributed by atoms with Gasteiger partial charge in [0.15, 0.2) is 5.69 Å². The molecule has 3 amide bonds. The molecule has 0 aliphatic carbocycles. The van der Waals surface area contributed by atoms with Crippen LogP contribution in [0.25, 0.3) is 0 Å². The van der Waals surface area contributed by atoms with Crippen LogP contribution in [0.15, 0.2) is 36.4 Å². The molecule has 8 nitrogen and oxygen atoms in total. The molecule has 0 saturated carbocycles. The maximum atomic E-state index is 13.2. The summed E-state index contributed by atoms with van der Waals surface area (Å²) in [4.78, 5) is 42.3. The summed E-state index contributed by atoms with van der Waals surface area (Å²) < 4.78 is 1.64. The molecular formula is C23H29N5O3. The van der Waals surface area contributed by atoms with Crippen LogP contribution in [0.5, 0.6) is 0 Å². The minimum absolute atomic E-state index is 0.119. The van der Waals surface area contributed by atoms with E-state index >= 15 is 0 Å². The molecule has 1 N–H and O–H groups in total. The number of hydrogen-bond donors (Lipinski definition) is 1. The number of carbonyl (C=O) groups is 3. The largest absolute Gasteiger partial charge is 0.355 e. The third kappa shape index (κ3) is 4.47.